The molecule has 0 aliphatic carbocycles. The Labute approximate surface area is 82.5 Å². The Balaban J connectivity index is 1.90. The van der Waals surface area contributed by atoms with E-state index in [1.165, 1.54) is 44.9 Å². The third-order valence-corrected chi connectivity index (χ3v) is 4.24. The summed E-state index contributed by atoms with van der Waals surface area (Å²) in [6.07, 6.45) is 10.2. The average molecular weight is 181 g/mol. The molecule has 2 aliphatic rings. The van der Waals surface area contributed by atoms with E-state index in [0.717, 1.165) is 18.0 Å². The van der Waals surface area contributed by atoms with Gasteiger partial charge in [0.1, 0.15) is 0 Å². The van der Waals surface area contributed by atoms with E-state index in [-0.39, 0.29) is 0 Å². The number of fused-ring (bicyclic) bond motifs is 2. The van der Waals surface area contributed by atoms with E-state index in [2.05, 4.69) is 18.9 Å². The molecule has 76 valence electrons. The summed E-state index contributed by atoms with van der Waals surface area (Å²) < 4.78 is 0. The lowest BCUT2D eigenvalue weighted by Crippen LogP contribution is -2.41. The summed E-state index contributed by atoms with van der Waals surface area (Å²) in [7, 11) is 2.35. The maximum atomic E-state index is 2.67. The summed E-state index contributed by atoms with van der Waals surface area (Å²) in [5, 5.41) is 0. The van der Waals surface area contributed by atoms with Gasteiger partial charge in [0.05, 0.1) is 0 Å². The number of hydrogen-bond donors (Lipinski definition) is 0. The van der Waals surface area contributed by atoms with Crippen molar-refractivity contribution in [1.82, 2.24) is 4.90 Å². The van der Waals surface area contributed by atoms with E-state index in [0.29, 0.717) is 0 Å². The summed E-state index contributed by atoms with van der Waals surface area (Å²) in [6, 6.07) is 1.90. The van der Waals surface area contributed by atoms with Gasteiger partial charge in [-0.25, -0.2) is 0 Å². The summed E-state index contributed by atoms with van der Waals surface area (Å²) >= 11 is 0. The Morgan fingerprint density at radius 2 is 1.92 bits per heavy atom. The first-order valence-electron chi connectivity index (χ1n) is 6.05. The van der Waals surface area contributed by atoms with Gasteiger partial charge < -0.3 is 4.90 Å². The van der Waals surface area contributed by atoms with Crippen molar-refractivity contribution in [3.05, 3.63) is 0 Å². The predicted molar refractivity (Wildman–Crippen MR) is 56.8 cm³/mol. The molecule has 0 spiro atoms. The molecular formula is C12H23N. The van der Waals surface area contributed by atoms with Gasteiger partial charge in [-0.1, -0.05) is 19.8 Å². The van der Waals surface area contributed by atoms with Crippen LogP contribution in [-0.4, -0.2) is 24.0 Å². The van der Waals surface area contributed by atoms with Crippen LogP contribution in [-0.2, 0) is 0 Å². The highest BCUT2D eigenvalue weighted by atomic mass is 15.2. The Kier molecular flexibility index (Phi) is 2.92. The van der Waals surface area contributed by atoms with Crippen LogP contribution in [0.5, 0.6) is 0 Å². The molecule has 2 fully saturated rings. The van der Waals surface area contributed by atoms with E-state index in [4.69, 9.17) is 0 Å². The zero-order chi connectivity index (χ0) is 9.26. The molecule has 1 unspecified atom stereocenters. The lowest BCUT2D eigenvalue weighted by atomic mass is 9.86. The van der Waals surface area contributed by atoms with Crippen molar-refractivity contribution in [2.24, 2.45) is 5.92 Å². The van der Waals surface area contributed by atoms with E-state index in [1.807, 2.05) is 0 Å². The number of nitrogens with zero attached hydrogens (tertiary/aromatic N) is 1. The Morgan fingerprint density at radius 1 is 1.15 bits per heavy atom. The van der Waals surface area contributed by atoms with Crippen LogP contribution in [0.2, 0.25) is 0 Å². The highest BCUT2D eigenvalue weighted by Crippen LogP contribution is 2.39. The minimum Gasteiger partial charge on any atom is -0.300 e. The quantitative estimate of drug-likeness (QED) is 0.647. The lowest BCUT2D eigenvalue weighted by Gasteiger charge is -2.37. The molecule has 0 radical (unpaired) electrons. The number of hydrogen-bond acceptors (Lipinski definition) is 1. The van der Waals surface area contributed by atoms with Gasteiger partial charge in [0.25, 0.3) is 0 Å². The molecular weight excluding hydrogens is 158 g/mol. The molecule has 1 heteroatoms. The third kappa shape index (κ3) is 1.76. The monoisotopic (exact) mass is 181 g/mol. The van der Waals surface area contributed by atoms with Crippen LogP contribution in [0.25, 0.3) is 0 Å². The standard InChI is InChI=1S/C12H23N/c1-3-4-5-10-6-7-11-8-9-12(10)13(11)2/h10-12H,3-9H2,1-2H3/t10?,11-,12-/m1/s1. The van der Waals surface area contributed by atoms with E-state index >= 15 is 0 Å². The largest absolute Gasteiger partial charge is 0.300 e. The van der Waals surface area contributed by atoms with Crippen molar-refractivity contribution >= 4 is 0 Å². The van der Waals surface area contributed by atoms with E-state index < -0.39 is 0 Å². The van der Waals surface area contributed by atoms with Crippen LogP contribution < -0.4 is 0 Å². The fourth-order valence-electron chi connectivity index (χ4n) is 3.36. The van der Waals surface area contributed by atoms with Crippen molar-refractivity contribution < 1.29 is 0 Å². The molecule has 0 amide bonds. The topological polar surface area (TPSA) is 3.24 Å². The highest BCUT2D eigenvalue weighted by Gasteiger charge is 2.39. The molecule has 3 atom stereocenters. The minimum atomic E-state index is 0.947. The van der Waals surface area contributed by atoms with Gasteiger partial charge in [-0.15, -0.1) is 0 Å². The Hall–Kier alpha value is -0.0400. The molecule has 0 aromatic rings. The first kappa shape index (κ1) is 9.51. The van der Waals surface area contributed by atoms with Gasteiger partial charge in [-0.05, 0) is 45.1 Å². The molecule has 2 heterocycles. The van der Waals surface area contributed by atoms with Crippen LogP contribution in [0.3, 0.4) is 0 Å². The molecule has 13 heavy (non-hydrogen) atoms. The van der Waals surface area contributed by atoms with E-state index in [1.54, 1.807) is 0 Å². The number of rotatable bonds is 3. The molecule has 2 bridgehead atoms. The lowest BCUT2D eigenvalue weighted by molar-refractivity contribution is 0.114. The van der Waals surface area contributed by atoms with Crippen LogP contribution in [0.15, 0.2) is 0 Å². The Bertz CT molecular complexity index is 167. The smallest absolute Gasteiger partial charge is 0.0124 e. The second-order valence-electron chi connectivity index (χ2n) is 4.94. The van der Waals surface area contributed by atoms with Crippen LogP contribution in [0, 0.1) is 5.92 Å². The van der Waals surface area contributed by atoms with Gasteiger partial charge in [0.2, 0.25) is 0 Å². The summed E-state index contributed by atoms with van der Waals surface area (Å²) in [5.41, 5.74) is 0. The zero-order valence-electron chi connectivity index (χ0n) is 9.13. The zero-order valence-corrected chi connectivity index (χ0v) is 9.13. The van der Waals surface area contributed by atoms with Crippen molar-refractivity contribution in [2.45, 2.75) is 64.0 Å². The third-order valence-electron chi connectivity index (χ3n) is 4.24. The first-order valence-corrected chi connectivity index (χ1v) is 6.05. The molecule has 2 rings (SSSR count). The highest BCUT2D eigenvalue weighted by molar-refractivity contribution is 4.94. The normalized spacial score (nSPS) is 39.7. The fraction of sp³-hybridized carbons (Fsp3) is 1.00. The summed E-state index contributed by atoms with van der Waals surface area (Å²) in [5.74, 6) is 1.03. The number of unbranched alkanes of at least 4 members (excludes halogenated alkanes) is 1. The number of piperidine rings is 1. The molecule has 1 nitrogen and oxygen atoms in total. The molecule has 0 aromatic heterocycles. The van der Waals surface area contributed by atoms with Gasteiger partial charge in [-0.3, -0.25) is 0 Å². The summed E-state index contributed by atoms with van der Waals surface area (Å²) in [4.78, 5) is 2.67. The second-order valence-corrected chi connectivity index (χ2v) is 4.94. The second kappa shape index (κ2) is 4.00. The van der Waals surface area contributed by atoms with Gasteiger partial charge in [-0.2, -0.15) is 0 Å². The molecule has 0 saturated carbocycles. The van der Waals surface area contributed by atoms with Crippen LogP contribution in [0.1, 0.15) is 51.9 Å². The SMILES string of the molecule is CCCCC1CC[C@@H]2CC[C@H]1N2C. The van der Waals surface area contributed by atoms with Crippen LogP contribution in [0.4, 0.5) is 0 Å². The van der Waals surface area contributed by atoms with Crippen molar-refractivity contribution in [3.63, 3.8) is 0 Å². The van der Waals surface area contributed by atoms with Gasteiger partial charge in [0, 0.05) is 12.1 Å². The first-order chi connectivity index (χ1) is 6.33. The minimum absolute atomic E-state index is 0.947. The van der Waals surface area contributed by atoms with Gasteiger partial charge >= 0.3 is 0 Å². The van der Waals surface area contributed by atoms with Crippen molar-refractivity contribution in [2.75, 3.05) is 7.05 Å². The van der Waals surface area contributed by atoms with Crippen LogP contribution >= 0.6 is 0 Å². The predicted octanol–water partition coefficient (Wildman–Crippen LogP) is 3.05. The molecule has 0 N–H and O–H groups in total. The molecule has 0 aromatic carbocycles. The van der Waals surface area contributed by atoms with E-state index in [9.17, 15) is 0 Å². The average Bonchev–Trinajstić information content (AvgIpc) is 2.38. The van der Waals surface area contributed by atoms with Crippen molar-refractivity contribution in [1.29, 1.82) is 0 Å². The Morgan fingerprint density at radius 3 is 2.69 bits per heavy atom. The maximum Gasteiger partial charge on any atom is 0.0124 e. The fourth-order valence-corrected chi connectivity index (χ4v) is 3.36. The van der Waals surface area contributed by atoms with Crippen molar-refractivity contribution in [3.8, 4) is 0 Å². The molecule has 2 aliphatic heterocycles. The van der Waals surface area contributed by atoms with Gasteiger partial charge in [0.15, 0.2) is 0 Å². The summed E-state index contributed by atoms with van der Waals surface area (Å²) in [6.45, 7) is 2.31. The maximum absolute atomic E-state index is 2.67. The molecule has 2 saturated heterocycles.